The number of carbonyl (C=O) groups excluding carboxylic acids is 3. The van der Waals surface area contributed by atoms with Crippen LogP contribution in [0, 0.1) is 0 Å². The van der Waals surface area contributed by atoms with Gasteiger partial charge in [-0.3, -0.25) is 24.2 Å². The Labute approximate surface area is 191 Å². The SMILES string of the molecule is O=C(c1ccc(Cl)cc1)N1CCN(CCN2C(=O)c3cccc4cccc(c34)C2=O)CC1. The first kappa shape index (κ1) is 20.7. The number of imide groups is 1. The first-order valence-corrected chi connectivity index (χ1v) is 11.1. The summed E-state index contributed by atoms with van der Waals surface area (Å²) in [7, 11) is 0. The van der Waals surface area contributed by atoms with Crippen LogP contribution in [0.25, 0.3) is 10.8 Å². The molecule has 162 valence electrons. The molecule has 3 aromatic carbocycles. The minimum absolute atomic E-state index is 0.00703. The van der Waals surface area contributed by atoms with Crippen LogP contribution in [-0.4, -0.2) is 71.7 Å². The van der Waals surface area contributed by atoms with E-state index in [1.54, 1.807) is 36.4 Å². The molecule has 0 saturated carbocycles. The molecule has 0 bridgehead atoms. The molecule has 0 atom stereocenters. The van der Waals surface area contributed by atoms with E-state index in [4.69, 9.17) is 11.6 Å². The summed E-state index contributed by atoms with van der Waals surface area (Å²) >= 11 is 5.91. The Hall–Kier alpha value is -3.22. The highest BCUT2D eigenvalue weighted by atomic mass is 35.5. The number of piperazine rings is 1. The van der Waals surface area contributed by atoms with E-state index < -0.39 is 0 Å². The Morgan fingerprint density at radius 2 is 1.38 bits per heavy atom. The molecule has 5 rings (SSSR count). The van der Waals surface area contributed by atoms with Crippen LogP contribution >= 0.6 is 11.6 Å². The van der Waals surface area contributed by atoms with Crippen LogP contribution in [0.5, 0.6) is 0 Å². The molecule has 2 aliphatic heterocycles. The summed E-state index contributed by atoms with van der Waals surface area (Å²) in [6, 6.07) is 18.0. The number of nitrogens with zero attached hydrogens (tertiary/aromatic N) is 3. The number of hydrogen-bond donors (Lipinski definition) is 0. The second-order valence-electron chi connectivity index (χ2n) is 8.11. The van der Waals surface area contributed by atoms with Gasteiger partial charge < -0.3 is 4.90 Å². The first-order chi connectivity index (χ1) is 15.5. The van der Waals surface area contributed by atoms with Crippen molar-refractivity contribution in [3.05, 3.63) is 82.4 Å². The number of benzene rings is 3. The number of halogens is 1. The molecule has 0 radical (unpaired) electrons. The lowest BCUT2D eigenvalue weighted by Gasteiger charge is -2.36. The predicted molar refractivity (Wildman–Crippen MR) is 123 cm³/mol. The van der Waals surface area contributed by atoms with E-state index >= 15 is 0 Å². The van der Waals surface area contributed by atoms with Gasteiger partial charge in [-0.05, 0) is 41.8 Å². The number of amides is 3. The zero-order chi connectivity index (χ0) is 22.2. The van der Waals surface area contributed by atoms with Gasteiger partial charge in [-0.1, -0.05) is 35.9 Å². The monoisotopic (exact) mass is 447 g/mol. The molecule has 3 aromatic rings. The third-order valence-electron chi connectivity index (χ3n) is 6.25. The zero-order valence-corrected chi connectivity index (χ0v) is 18.2. The molecule has 0 aliphatic carbocycles. The third-order valence-corrected chi connectivity index (χ3v) is 6.50. The minimum Gasteiger partial charge on any atom is -0.336 e. The highest BCUT2D eigenvalue weighted by Gasteiger charge is 2.33. The number of carbonyl (C=O) groups is 3. The maximum Gasteiger partial charge on any atom is 0.261 e. The van der Waals surface area contributed by atoms with Crippen LogP contribution in [0.15, 0.2) is 60.7 Å². The minimum atomic E-state index is -0.240. The van der Waals surface area contributed by atoms with Gasteiger partial charge in [0.25, 0.3) is 17.7 Å². The summed E-state index contributed by atoms with van der Waals surface area (Å²) in [5.74, 6) is -0.487. The molecule has 6 nitrogen and oxygen atoms in total. The lowest BCUT2D eigenvalue weighted by Crippen LogP contribution is -2.51. The molecule has 32 heavy (non-hydrogen) atoms. The van der Waals surface area contributed by atoms with Crippen molar-refractivity contribution in [3.63, 3.8) is 0 Å². The van der Waals surface area contributed by atoms with Crippen LogP contribution in [-0.2, 0) is 0 Å². The topological polar surface area (TPSA) is 60.9 Å². The standard InChI is InChI=1S/C25H22ClN3O3/c26-19-9-7-18(8-10-19)23(30)28-14-11-27(12-15-28)13-16-29-24(31)20-5-1-3-17-4-2-6-21(22(17)20)25(29)32/h1-10H,11-16H2. The molecule has 3 amide bonds. The van der Waals surface area contributed by atoms with Gasteiger partial charge in [-0.15, -0.1) is 0 Å². The molecular weight excluding hydrogens is 426 g/mol. The van der Waals surface area contributed by atoms with E-state index in [9.17, 15) is 14.4 Å². The highest BCUT2D eigenvalue weighted by Crippen LogP contribution is 2.29. The number of hydrogen-bond acceptors (Lipinski definition) is 4. The van der Waals surface area contributed by atoms with E-state index in [0.29, 0.717) is 61.0 Å². The van der Waals surface area contributed by atoms with E-state index in [2.05, 4.69) is 4.90 Å². The summed E-state index contributed by atoms with van der Waals surface area (Å²) in [6.45, 7) is 3.51. The van der Waals surface area contributed by atoms with Crippen LogP contribution in [0.1, 0.15) is 31.1 Å². The Balaban J connectivity index is 1.22. The normalized spacial score (nSPS) is 16.7. The van der Waals surface area contributed by atoms with Crippen LogP contribution in [0.2, 0.25) is 5.02 Å². The van der Waals surface area contributed by atoms with Gasteiger partial charge >= 0.3 is 0 Å². The van der Waals surface area contributed by atoms with Crippen LogP contribution < -0.4 is 0 Å². The van der Waals surface area contributed by atoms with Crippen molar-refractivity contribution in [1.29, 1.82) is 0 Å². The van der Waals surface area contributed by atoms with Gasteiger partial charge in [0.15, 0.2) is 0 Å². The lowest BCUT2D eigenvalue weighted by molar-refractivity contribution is 0.0551. The maximum absolute atomic E-state index is 13.0. The van der Waals surface area contributed by atoms with E-state index in [-0.39, 0.29) is 17.7 Å². The van der Waals surface area contributed by atoms with Crippen molar-refractivity contribution in [3.8, 4) is 0 Å². The zero-order valence-electron chi connectivity index (χ0n) is 17.5. The maximum atomic E-state index is 13.0. The molecule has 1 saturated heterocycles. The first-order valence-electron chi connectivity index (χ1n) is 10.7. The third kappa shape index (κ3) is 3.66. The van der Waals surface area contributed by atoms with Crippen molar-refractivity contribution in [2.75, 3.05) is 39.3 Å². The van der Waals surface area contributed by atoms with Crippen molar-refractivity contribution < 1.29 is 14.4 Å². The van der Waals surface area contributed by atoms with E-state index in [1.165, 1.54) is 4.90 Å². The van der Waals surface area contributed by atoms with E-state index in [1.807, 2.05) is 29.2 Å². The Bertz CT molecular complexity index is 1170. The van der Waals surface area contributed by atoms with Crippen molar-refractivity contribution >= 4 is 40.1 Å². The molecular formula is C25H22ClN3O3. The summed E-state index contributed by atoms with van der Waals surface area (Å²) in [4.78, 5) is 44.1. The summed E-state index contributed by atoms with van der Waals surface area (Å²) < 4.78 is 0. The van der Waals surface area contributed by atoms with Gasteiger partial charge in [0.05, 0.1) is 0 Å². The van der Waals surface area contributed by atoms with Crippen molar-refractivity contribution in [2.45, 2.75) is 0 Å². The Morgan fingerprint density at radius 3 is 1.97 bits per heavy atom. The predicted octanol–water partition coefficient (Wildman–Crippen LogP) is 3.55. The van der Waals surface area contributed by atoms with Gasteiger partial charge in [-0.2, -0.15) is 0 Å². The largest absolute Gasteiger partial charge is 0.336 e. The fraction of sp³-hybridized carbons (Fsp3) is 0.240. The highest BCUT2D eigenvalue weighted by molar-refractivity contribution is 6.30. The summed E-state index contributed by atoms with van der Waals surface area (Å²) in [5, 5.41) is 2.26. The van der Waals surface area contributed by atoms with Crippen molar-refractivity contribution in [2.24, 2.45) is 0 Å². The van der Waals surface area contributed by atoms with Gasteiger partial charge in [0.1, 0.15) is 0 Å². The smallest absolute Gasteiger partial charge is 0.261 e. The quantitative estimate of drug-likeness (QED) is 0.574. The molecule has 0 aromatic heterocycles. The molecule has 7 heteroatoms. The summed E-state index contributed by atoms with van der Waals surface area (Å²) in [5.41, 5.74) is 1.78. The van der Waals surface area contributed by atoms with E-state index in [0.717, 1.165) is 10.8 Å². The Morgan fingerprint density at radius 1 is 0.781 bits per heavy atom. The molecule has 2 heterocycles. The van der Waals surface area contributed by atoms with Gasteiger partial charge in [0.2, 0.25) is 0 Å². The molecule has 0 spiro atoms. The fourth-order valence-corrected chi connectivity index (χ4v) is 4.60. The fourth-order valence-electron chi connectivity index (χ4n) is 4.47. The molecule has 0 unspecified atom stereocenters. The molecule has 1 fully saturated rings. The van der Waals surface area contributed by atoms with Crippen molar-refractivity contribution in [1.82, 2.24) is 14.7 Å². The number of rotatable bonds is 4. The second kappa shape index (κ2) is 8.37. The van der Waals surface area contributed by atoms with Crippen LogP contribution in [0.3, 0.4) is 0 Å². The molecule has 2 aliphatic rings. The van der Waals surface area contributed by atoms with Gasteiger partial charge in [-0.25, -0.2) is 0 Å². The second-order valence-corrected chi connectivity index (χ2v) is 8.55. The van der Waals surface area contributed by atoms with Gasteiger partial charge in [0, 0.05) is 66.4 Å². The average Bonchev–Trinajstić information content (AvgIpc) is 2.83. The average molecular weight is 448 g/mol. The summed E-state index contributed by atoms with van der Waals surface area (Å²) in [6.07, 6.45) is 0. The van der Waals surface area contributed by atoms with Crippen LogP contribution in [0.4, 0.5) is 0 Å². The molecule has 0 N–H and O–H groups in total. The Kier molecular flexibility index (Phi) is 5.41. The lowest BCUT2D eigenvalue weighted by atomic mass is 9.94.